The lowest BCUT2D eigenvalue weighted by atomic mass is 10.1. The van der Waals surface area contributed by atoms with Gasteiger partial charge >= 0.3 is 0 Å². The van der Waals surface area contributed by atoms with E-state index >= 15 is 0 Å². The van der Waals surface area contributed by atoms with Crippen molar-refractivity contribution >= 4 is 27.7 Å². The van der Waals surface area contributed by atoms with E-state index in [0.717, 1.165) is 11.0 Å². The quantitative estimate of drug-likeness (QED) is 0.392. The lowest BCUT2D eigenvalue weighted by molar-refractivity contribution is 0.496. The van der Waals surface area contributed by atoms with Crippen molar-refractivity contribution in [2.75, 3.05) is 12.3 Å². The average Bonchev–Trinajstić information content (AvgIpc) is 2.46. The molecule has 0 radical (unpaired) electrons. The van der Waals surface area contributed by atoms with Crippen LogP contribution in [-0.2, 0) is 0 Å². The molecule has 0 aliphatic carbocycles. The summed E-state index contributed by atoms with van der Waals surface area (Å²) in [6, 6.07) is 9.28. The van der Waals surface area contributed by atoms with Crippen LogP contribution in [0.2, 0.25) is 0 Å². The van der Waals surface area contributed by atoms with Crippen LogP contribution in [0.1, 0.15) is 52.4 Å². The van der Waals surface area contributed by atoms with Crippen LogP contribution >= 0.6 is 27.7 Å². The highest BCUT2D eigenvalue weighted by Gasteiger charge is 2.07. The summed E-state index contributed by atoms with van der Waals surface area (Å²) in [4.78, 5) is 1.36. The van der Waals surface area contributed by atoms with Crippen molar-refractivity contribution in [3.05, 3.63) is 28.7 Å². The largest absolute Gasteiger partial charge is 0.313 e. The van der Waals surface area contributed by atoms with Gasteiger partial charge in [-0.2, -0.15) is 0 Å². The smallest absolute Gasteiger partial charge is 0.0176 e. The standard InChI is InChI=1S/C17H28BrNS/c1-3-5-6-7-8-9-16(19-4-2)14-20-17-12-10-15(18)11-13-17/h10-13,16,19H,3-9,14H2,1-2H3. The van der Waals surface area contributed by atoms with Gasteiger partial charge in [-0.3, -0.25) is 0 Å². The summed E-state index contributed by atoms with van der Waals surface area (Å²) in [5.74, 6) is 1.17. The number of nitrogens with one attached hydrogen (secondary N) is 1. The molecule has 0 spiro atoms. The van der Waals surface area contributed by atoms with Gasteiger partial charge in [0.1, 0.15) is 0 Å². The minimum Gasteiger partial charge on any atom is -0.313 e. The fraction of sp³-hybridized carbons (Fsp3) is 0.647. The molecule has 0 heterocycles. The third-order valence-corrected chi connectivity index (χ3v) is 5.12. The van der Waals surface area contributed by atoms with Gasteiger partial charge in [0, 0.05) is 21.2 Å². The highest BCUT2D eigenvalue weighted by atomic mass is 79.9. The van der Waals surface area contributed by atoms with Gasteiger partial charge in [-0.1, -0.05) is 61.9 Å². The molecule has 1 unspecified atom stereocenters. The van der Waals surface area contributed by atoms with E-state index < -0.39 is 0 Å². The van der Waals surface area contributed by atoms with Crippen molar-refractivity contribution in [2.24, 2.45) is 0 Å². The van der Waals surface area contributed by atoms with Gasteiger partial charge in [0.05, 0.1) is 0 Å². The first-order chi connectivity index (χ1) is 9.76. The Morgan fingerprint density at radius 1 is 1.05 bits per heavy atom. The van der Waals surface area contributed by atoms with Crippen molar-refractivity contribution in [1.82, 2.24) is 5.32 Å². The van der Waals surface area contributed by atoms with Crippen LogP contribution in [0.15, 0.2) is 33.6 Å². The van der Waals surface area contributed by atoms with Crippen molar-refractivity contribution < 1.29 is 0 Å². The minimum absolute atomic E-state index is 0.648. The molecule has 0 aliphatic heterocycles. The molecule has 1 rings (SSSR count). The number of thioether (sulfide) groups is 1. The molecule has 1 nitrogen and oxygen atoms in total. The summed E-state index contributed by atoms with van der Waals surface area (Å²) in [5.41, 5.74) is 0. The zero-order chi connectivity index (χ0) is 14.6. The van der Waals surface area contributed by atoms with Crippen LogP contribution in [0.25, 0.3) is 0 Å². The van der Waals surface area contributed by atoms with Gasteiger partial charge in [-0.15, -0.1) is 11.8 Å². The van der Waals surface area contributed by atoms with E-state index in [0.29, 0.717) is 6.04 Å². The summed E-state index contributed by atoms with van der Waals surface area (Å²) in [6.45, 7) is 5.55. The maximum absolute atomic E-state index is 3.63. The fourth-order valence-electron chi connectivity index (χ4n) is 2.25. The minimum atomic E-state index is 0.648. The second-order valence-corrected chi connectivity index (χ2v) is 7.23. The monoisotopic (exact) mass is 357 g/mol. The zero-order valence-corrected chi connectivity index (χ0v) is 15.2. The maximum Gasteiger partial charge on any atom is 0.0176 e. The Morgan fingerprint density at radius 2 is 1.75 bits per heavy atom. The maximum atomic E-state index is 3.63. The van der Waals surface area contributed by atoms with Crippen molar-refractivity contribution in [2.45, 2.75) is 63.3 Å². The molecule has 1 aromatic carbocycles. The fourth-order valence-corrected chi connectivity index (χ4v) is 3.53. The summed E-state index contributed by atoms with van der Waals surface area (Å²) >= 11 is 5.45. The van der Waals surface area contributed by atoms with E-state index in [-0.39, 0.29) is 0 Å². The molecule has 114 valence electrons. The second-order valence-electron chi connectivity index (χ2n) is 5.22. The van der Waals surface area contributed by atoms with E-state index in [1.54, 1.807) is 0 Å². The molecule has 0 aromatic heterocycles. The first-order valence-corrected chi connectivity index (χ1v) is 9.65. The Hall–Kier alpha value is 0.01000. The second kappa shape index (κ2) is 11.6. The third kappa shape index (κ3) is 8.33. The summed E-state index contributed by atoms with van der Waals surface area (Å²) in [7, 11) is 0. The van der Waals surface area contributed by atoms with Crippen LogP contribution < -0.4 is 5.32 Å². The topological polar surface area (TPSA) is 12.0 Å². The number of hydrogen-bond donors (Lipinski definition) is 1. The predicted octanol–water partition coefficient (Wildman–Crippen LogP) is 5.88. The molecule has 20 heavy (non-hydrogen) atoms. The van der Waals surface area contributed by atoms with Gasteiger partial charge in [0.15, 0.2) is 0 Å². The van der Waals surface area contributed by atoms with Gasteiger partial charge in [0.25, 0.3) is 0 Å². The van der Waals surface area contributed by atoms with E-state index in [2.05, 4.69) is 59.4 Å². The van der Waals surface area contributed by atoms with Gasteiger partial charge in [-0.25, -0.2) is 0 Å². The Bertz CT molecular complexity index is 339. The van der Waals surface area contributed by atoms with Crippen LogP contribution in [-0.4, -0.2) is 18.3 Å². The van der Waals surface area contributed by atoms with Crippen molar-refractivity contribution in [3.8, 4) is 0 Å². The Labute approximate surface area is 137 Å². The molecular formula is C17H28BrNS. The van der Waals surface area contributed by atoms with Gasteiger partial charge < -0.3 is 5.32 Å². The van der Waals surface area contributed by atoms with Gasteiger partial charge in [0.2, 0.25) is 0 Å². The number of hydrogen-bond acceptors (Lipinski definition) is 2. The molecular weight excluding hydrogens is 330 g/mol. The summed E-state index contributed by atoms with van der Waals surface area (Å²) < 4.78 is 1.15. The van der Waals surface area contributed by atoms with Crippen molar-refractivity contribution in [1.29, 1.82) is 0 Å². The summed E-state index contributed by atoms with van der Waals surface area (Å²) in [6.07, 6.45) is 8.17. The average molecular weight is 358 g/mol. The van der Waals surface area contributed by atoms with Crippen LogP contribution in [0.3, 0.4) is 0 Å². The van der Waals surface area contributed by atoms with Gasteiger partial charge in [-0.05, 0) is 37.2 Å². The molecule has 0 fully saturated rings. The van der Waals surface area contributed by atoms with Crippen LogP contribution in [0, 0.1) is 0 Å². The lowest BCUT2D eigenvalue weighted by Crippen LogP contribution is -2.31. The highest BCUT2D eigenvalue weighted by Crippen LogP contribution is 2.22. The number of unbranched alkanes of at least 4 members (excludes halogenated alkanes) is 4. The molecule has 1 atom stereocenters. The Morgan fingerprint density at radius 3 is 2.40 bits per heavy atom. The van der Waals surface area contributed by atoms with E-state index in [1.807, 2.05) is 11.8 Å². The van der Waals surface area contributed by atoms with E-state index in [4.69, 9.17) is 0 Å². The molecule has 1 aromatic rings. The van der Waals surface area contributed by atoms with Crippen molar-refractivity contribution in [3.63, 3.8) is 0 Å². The lowest BCUT2D eigenvalue weighted by Gasteiger charge is -2.17. The van der Waals surface area contributed by atoms with Crippen LogP contribution in [0.4, 0.5) is 0 Å². The normalized spacial score (nSPS) is 12.6. The molecule has 0 amide bonds. The van der Waals surface area contributed by atoms with E-state index in [1.165, 1.54) is 49.2 Å². The molecule has 0 saturated heterocycles. The molecule has 1 N–H and O–H groups in total. The number of halogens is 1. The molecule has 0 bridgehead atoms. The van der Waals surface area contributed by atoms with Crippen LogP contribution in [0.5, 0.6) is 0 Å². The number of rotatable bonds is 11. The molecule has 0 saturated carbocycles. The predicted molar refractivity (Wildman–Crippen MR) is 95.7 cm³/mol. The highest BCUT2D eigenvalue weighted by molar-refractivity contribution is 9.10. The summed E-state index contributed by atoms with van der Waals surface area (Å²) in [5, 5.41) is 3.63. The first-order valence-electron chi connectivity index (χ1n) is 7.88. The Balaban J connectivity index is 2.25. The Kier molecular flexibility index (Phi) is 10.5. The first kappa shape index (κ1) is 18.1. The zero-order valence-electron chi connectivity index (χ0n) is 12.8. The molecule has 3 heteroatoms. The van der Waals surface area contributed by atoms with E-state index in [9.17, 15) is 0 Å². The molecule has 0 aliphatic rings. The SMILES string of the molecule is CCCCCCCC(CSc1ccc(Br)cc1)NCC. The number of benzene rings is 1. The third-order valence-electron chi connectivity index (χ3n) is 3.41.